The van der Waals surface area contributed by atoms with Gasteiger partial charge in [0.15, 0.2) is 5.13 Å². The lowest BCUT2D eigenvalue weighted by Crippen LogP contribution is -2.22. The van der Waals surface area contributed by atoms with Crippen LogP contribution in [-0.2, 0) is 10.0 Å². The molecule has 0 atom stereocenters. The molecule has 2 aromatic rings. The number of hydrogen-bond acceptors (Lipinski definition) is 5. The van der Waals surface area contributed by atoms with Crippen molar-refractivity contribution in [2.75, 3.05) is 17.0 Å². The minimum Gasteiger partial charge on any atom is -0.329 e. The average Bonchev–Trinajstić information content (AvgIpc) is 2.58. The number of aromatic nitrogens is 1. The molecular weight excluding hydrogens is 246 g/mol. The van der Waals surface area contributed by atoms with Crippen LogP contribution in [0.3, 0.4) is 0 Å². The molecule has 0 bridgehead atoms. The van der Waals surface area contributed by atoms with Crippen LogP contribution in [0.5, 0.6) is 0 Å². The fraction of sp³-hybridized carbons (Fsp3) is 0.222. The Morgan fingerprint density at radius 3 is 2.81 bits per heavy atom. The first-order valence-electron chi connectivity index (χ1n) is 4.67. The van der Waals surface area contributed by atoms with Crippen molar-refractivity contribution >= 4 is 36.7 Å². The largest absolute Gasteiger partial charge is 0.329 e. The second kappa shape index (κ2) is 4.36. The van der Waals surface area contributed by atoms with Gasteiger partial charge in [0.1, 0.15) is 0 Å². The molecule has 0 unspecified atom stereocenters. The van der Waals surface area contributed by atoms with Crippen LogP contribution in [0.25, 0.3) is 10.2 Å². The van der Waals surface area contributed by atoms with E-state index < -0.39 is 10.0 Å². The summed E-state index contributed by atoms with van der Waals surface area (Å²) in [5.41, 5.74) is 6.00. The molecule has 7 heteroatoms. The number of para-hydroxylation sites is 1. The molecule has 0 aliphatic heterocycles. The van der Waals surface area contributed by atoms with Gasteiger partial charge in [0.05, 0.1) is 16.0 Å². The normalized spacial score (nSPS) is 11.8. The van der Waals surface area contributed by atoms with Crippen LogP contribution in [0.1, 0.15) is 0 Å². The van der Waals surface area contributed by atoms with Gasteiger partial charge in [0.25, 0.3) is 0 Å². The van der Waals surface area contributed by atoms with E-state index in [1.807, 2.05) is 24.3 Å². The number of hydrogen-bond donors (Lipinski definition) is 2. The Balaban J connectivity index is 2.28. The van der Waals surface area contributed by atoms with Gasteiger partial charge in [-0.2, -0.15) is 0 Å². The molecule has 0 amide bonds. The molecule has 2 rings (SSSR count). The van der Waals surface area contributed by atoms with Crippen molar-refractivity contribution in [3.8, 4) is 0 Å². The van der Waals surface area contributed by atoms with Crippen molar-refractivity contribution in [1.29, 1.82) is 0 Å². The van der Waals surface area contributed by atoms with E-state index in [9.17, 15) is 8.42 Å². The lowest BCUT2D eigenvalue weighted by atomic mass is 10.3. The zero-order chi connectivity index (χ0) is 11.6. The van der Waals surface area contributed by atoms with Gasteiger partial charge in [-0.15, -0.1) is 0 Å². The third-order valence-electron chi connectivity index (χ3n) is 1.92. The zero-order valence-corrected chi connectivity index (χ0v) is 10.0. The number of nitrogens with two attached hydrogens (primary N) is 1. The highest BCUT2D eigenvalue weighted by atomic mass is 32.2. The summed E-state index contributed by atoms with van der Waals surface area (Å²) < 4.78 is 26.3. The van der Waals surface area contributed by atoms with Crippen LogP contribution in [0.15, 0.2) is 24.3 Å². The van der Waals surface area contributed by atoms with Crippen molar-refractivity contribution in [3.05, 3.63) is 24.3 Å². The maximum Gasteiger partial charge on any atom is 0.235 e. The molecule has 1 aromatic heterocycles. The van der Waals surface area contributed by atoms with Crippen molar-refractivity contribution in [2.24, 2.45) is 5.73 Å². The molecule has 0 fully saturated rings. The summed E-state index contributed by atoms with van der Waals surface area (Å²) in [7, 11) is -3.36. The number of nitrogens with zero attached hydrogens (tertiary/aromatic N) is 1. The first-order chi connectivity index (χ1) is 7.61. The molecule has 86 valence electrons. The SMILES string of the molecule is NCCS(=O)(=O)Nc1nc2ccccc2s1. The Morgan fingerprint density at radius 2 is 2.12 bits per heavy atom. The summed E-state index contributed by atoms with van der Waals surface area (Å²) in [6.07, 6.45) is 0. The average molecular weight is 257 g/mol. The Hall–Kier alpha value is -1.18. The summed E-state index contributed by atoms with van der Waals surface area (Å²) in [5, 5.41) is 0.384. The van der Waals surface area contributed by atoms with Gasteiger partial charge in [-0.05, 0) is 12.1 Å². The predicted molar refractivity (Wildman–Crippen MR) is 66.1 cm³/mol. The lowest BCUT2D eigenvalue weighted by molar-refractivity contribution is 0.601. The number of fused-ring (bicyclic) bond motifs is 1. The quantitative estimate of drug-likeness (QED) is 0.855. The van der Waals surface area contributed by atoms with Gasteiger partial charge in [0, 0.05) is 6.54 Å². The maximum atomic E-state index is 11.5. The fourth-order valence-electron chi connectivity index (χ4n) is 1.26. The van der Waals surface area contributed by atoms with E-state index in [2.05, 4.69) is 9.71 Å². The summed E-state index contributed by atoms with van der Waals surface area (Å²) in [6, 6.07) is 7.49. The van der Waals surface area contributed by atoms with Crippen LogP contribution in [0.4, 0.5) is 5.13 Å². The van der Waals surface area contributed by atoms with E-state index in [1.54, 1.807) is 0 Å². The minimum atomic E-state index is -3.36. The molecule has 0 saturated heterocycles. The standard InChI is InChI=1S/C9H11N3O2S2/c10-5-6-16(13,14)12-9-11-7-3-1-2-4-8(7)15-9/h1-4H,5-6,10H2,(H,11,12). The number of rotatable bonds is 4. The molecule has 0 aliphatic rings. The maximum absolute atomic E-state index is 11.5. The third kappa shape index (κ3) is 2.49. The van der Waals surface area contributed by atoms with Gasteiger partial charge >= 0.3 is 0 Å². The molecule has 0 saturated carbocycles. The van der Waals surface area contributed by atoms with Gasteiger partial charge in [-0.25, -0.2) is 13.4 Å². The van der Waals surface area contributed by atoms with Crippen LogP contribution in [0, 0.1) is 0 Å². The molecule has 1 aromatic carbocycles. The van der Waals surface area contributed by atoms with Gasteiger partial charge in [-0.3, -0.25) is 4.72 Å². The molecule has 16 heavy (non-hydrogen) atoms. The van der Waals surface area contributed by atoms with E-state index in [0.29, 0.717) is 5.13 Å². The molecule has 0 radical (unpaired) electrons. The summed E-state index contributed by atoms with van der Waals surface area (Å²) in [4.78, 5) is 4.17. The number of benzene rings is 1. The minimum absolute atomic E-state index is 0.0943. The van der Waals surface area contributed by atoms with Crippen LogP contribution >= 0.6 is 11.3 Å². The van der Waals surface area contributed by atoms with Gasteiger partial charge < -0.3 is 5.73 Å². The molecule has 3 N–H and O–H groups in total. The van der Waals surface area contributed by atoms with Crippen molar-refractivity contribution in [1.82, 2.24) is 4.98 Å². The monoisotopic (exact) mass is 257 g/mol. The Bertz CT molecular complexity index is 559. The Kier molecular flexibility index (Phi) is 3.08. The second-order valence-electron chi connectivity index (χ2n) is 3.20. The van der Waals surface area contributed by atoms with Crippen molar-refractivity contribution in [3.63, 3.8) is 0 Å². The molecule has 1 heterocycles. The highest BCUT2D eigenvalue weighted by molar-refractivity contribution is 7.92. The van der Waals surface area contributed by atoms with Gasteiger partial charge in [-0.1, -0.05) is 23.5 Å². The zero-order valence-electron chi connectivity index (χ0n) is 8.38. The topological polar surface area (TPSA) is 85.1 Å². The predicted octanol–water partition coefficient (Wildman–Crippen LogP) is 0.997. The summed E-state index contributed by atoms with van der Waals surface area (Å²) >= 11 is 1.31. The van der Waals surface area contributed by atoms with Crippen LogP contribution in [0.2, 0.25) is 0 Å². The van der Waals surface area contributed by atoms with E-state index >= 15 is 0 Å². The lowest BCUT2D eigenvalue weighted by Gasteiger charge is -2.01. The second-order valence-corrected chi connectivity index (χ2v) is 6.07. The van der Waals surface area contributed by atoms with Crippen LogP contribution < -0.4 is 10.5 Å². The summed E-state index contributed by atoms with van der Waals surface area (Å²) in [5.74, 6) is -0.0943. The number of anilines is 1. The highest BCUT2D eigenvalue weighted by Gasteiger charge is 2.11. The first kappa shape index (κ1) is 11.3. The number of nitrogens with one attached hydrogen (secondary N) is 1. The Labute approximate surface area is 97.4 Å². The molecular formula is C9H11N3O2S2. The molecule has 0 aliphatic carbocycles. The number of thiazole rings is 1. The highest BCUT2D eigenvalue weighted by Crippen LogP contribution is 2.25. The fourth-order valence-corrected chi connectivity index (χ4v) is 3.24. The van der Waals surface area contributed by atoms with Crippen molar-refractivity contribution in [2.45, 2.75) is 0 Å². The Morgan fingerprint density at radius 1 is 1.38 bits per heavy atom. The van der Waals surface area contributed by atoms with Gasteiger partial charge in [0.2, 0.25) is 10.0 Å². The first-order valence-corrected chi connectivity index (χ1v) is 7.14. The van der Waals surface area contributed by atoms with E-state index in [1.165, 1.54) is 11.3 Å². The van der Waals surface area contributed by atoms with Crippen LogP contribution in [-0.4, -0.2) is 25.7 Å². The van der Waals surface area contributed by atoms with E-state index in [-0.39, 0.29) is 12.3 Å². The molecule has 0 spiro atoms. The molecule has 5 nitrogen and oxygen atoms in total. The number of sulfonamides is 1. The van der Waals surface area contributed by atoms with E-state index in [0.717, 1.165) is 10.2 Å². The summed E-state index contributed by atoms with van der Waals surface area (Å²) in [6.45, 7) is 0.0974. The van der Waals surface area contributed by atoms with Crippen molar-refractivity contribution < 1.29 is 8.42 Å². The smallest absolute Gasteiger partial charge is 0.235 e. The van der Waals surface area contributed by atoms with E-state index in [4.69, 9.17) is 5.73 Å². The third-order valence-corrected chi connectivity index (χ3v) is 4.28.